The fraction of sp³-hybridized carbons (Fsp3) is 0.619. The van der Waals surface area contributed by atoms with Gasteiger partial charge in [-0.05, 0) is 51.2 Å². The minimum atomic E-state index is -0.321. The van der Waals surface area contributed by atoms with Crippen molar-refractivity contribution in [3.05, 3.63) is 35.4 Å². The molecule has 0 aliphatic carbocycles. The van der Waals surface area contributed by atoms with E-state index in [1.54, 1.807) is 11.8 Å². The summed E-state index contributed by atoms with van der Waals surface area (Å²) in [6.07, 6.45) is 2.80. The lowest BCUT2D eigenvalue weighted by atomic mass is 9.78. The molecule has 1 aromatic rings. The first-order chi connectivity index (χ1) is 12.4. The van der Waals surface area contributed by atoms with Gasteiger partial charge in [0.2, 0.25) is 11.8 Å². The van der Waals surface area contributed by atoms with E-state index in [1.807, 2.05) is 21.9 Å². The van der Waals surface area contributed by atoms with Crippen LogP contribution < -0.4 is 0 Å². The second kappa shape index (κ2) is 8.03. The van der Waals surface area contributed by atoms with Crippen LogP contribution >= 0.6 is 11.8 Å². The summed E-state index contributed by atoms with van der Waals surface area (Å²) in [4.78, 5) is 29.6. The predicted molar refractivity (Wildman–Crippen MR) is 107 cm³/mol. The van der Waals surface area contributed by atoms with E-state index >= 15 is 0 Å². The zero-order valence-corrected chi connectivity index (χ0v) is 17.0. The fourth-order valence-electron chi connectivity index (χ4n) is 4.17. The number of piperidine rings is 1. The molecular weight excluding hydrogens is 344 g/mol. The van der Waals surface area contributed by atoms with Crippen LogP contribution in [0.4, 0.5) is 0 Å². The number of amides is 2. The van der Waals surface area contributed by atoms with Gasteiger partial charge in [0.05, 0.1) is 11.2 Å². The Hall–Kier alpha value is -1.49. The van der Waals surface area contributed by atoms with Crippen molar-refractivity contribution in [3.8, 4) is 0 Å². The number of hydrogen-bond donors (Lipinski definition) is 0. The first kappa shape index (κ1) is 19.3. The Morgan fingerprint density at radius 2 is 2.00 bits per heavy atom. The van der Waals surface area contributed by atoms with Crippen LogP contribution in [-0.2, 0) is 15.3 Å². The summed E-state index contributed by atoms with van der Waals surface area (Å²) >= 11 is 1.67. The topological polar surface area (TPSA) is 40.6 Å². The molecular formula is C21H30N2O2S. The van der Waals surface area contributed by atoms with Crippen LogP contribution in [0.25, 0.3) is 0 Å². The number of thioether (sulfide) groups is 1. The van der Waals surface area contributed by atoms with Crippen molar-refractivity contribution in [1.82, 2.24) is 9.80 Å². The molecule has 26 heavy (non-hydrogen) atoms. The van der Waals surface area contributed by atoms with Crippen molar-refractivity contribution in [2.45, 2.75) is 51.8 Å². The van der Waals surface area contributed by atoms with Crippen LogP contribution in [-0.4, -0.2) is 53.0 Å². The Kier molecular flexibility index (Phi) is 5.96. The van der Waals surface area contributed by atoms with Crippen LogP contribution in [0.3, 0.4) is 0 Å². The molecule has 142 valence electrons. The molecule has 2 saturated heterocycles. The molecule has 1 aromatic carbocycles. The highest BCUT2D eigenvalue weighted by Crippen LogP contribution is 2.40. The Labute approximate surface area is 161 Å². The molecule has 2 aliphatic rings. The summed E-state index contributed by atoms with van der Waals surface area (Å²) in [6.45, 7) is 8.46. The highest BCUT2D eigenvalue weighted by molar-refractivity contribution is 7.99. The van der Waals surface area contributed by atoms with Crippen molar-refractivity contribution >= 4 is 23.6 Å². The maximum Gasteiger partial charge on any atom is 0.232 e. The average Bonchev–Trinajstić information content (AvgIpc) is 3.04. The molecule has 2 fully saturated rings. The zero-order chi connectivity index (χ0) is 18.7. The highest BCUT2D eigenvalue weighted by atomic mass is 32.2. The maximum absolute atomic E-state index is 13.0. The third kappa shape index (κ3) is 3.93. The number of likely N-dealkylation sites (tertiary alicyclic amines) is 2. The summed E-state index contributed by atoms with van der Waals surface area (Å²) in [5.74, 6) is 1.79. The highest BCUT2D eigenvalue weighted by Gasteiger charge is 2.49. The lowest BCUT2D eigenvalue weighted by Gasteiger charge is -2.41. The molecule has 3 rings (SSSR count). The van der Waals surface area contributed by atoms with Crippen LogP contribution in [0.2, 0.25) is 0 Å². The summed E-state index contributed by atoms with van der Waals surface area (Å²) in [6, 6.07) is 8.56. The summed E-state index contributed by atoms with van der Waals surface area (Å²) in [7, 11) is 0. The molecule has 4 nitrogen and oxygen atoms in total. The lowest BCUT2D eigenvalue weighted by Crippen LogP contribution is -2.52. The van der Waals surface area contributed by atoms with Crippen molar-refractivity contribution < 1.29 is 9.59 Å². The Balaban J connectivity index is 1.54. The number of benzene rings is 1. The standard InChI is InChI=1S/C21H30N2O2S/c1-16(2)23-11-6-9-21(20(23)25)10-12-22(15-21)19(24)14-26-13-18-8-5-4-7-17(18)3/h4-5,7-8,16H,6,9-15H2,1-3H3/t21-/m0/s1. The second-order valence-electron chi connectivity index (χ2n) is 7.96. The van der Waals surface area contributed by atoms with Gasteiger partial charge in [-0.25, -0.2) is 0 Å². The average molecular weight is 375 g/mol. The lowest BCUT2D eigenvalue weighted by molar-refractivity contribution is -0.148. The molecule has 0 aromatic heterocycles. The molecule has 0 N–H and O–H groups in total. The van der Waals surface area contributed by atoms with Gasteiger partial charge >= 0.3 is 0 Å². The van der Waals surface area contributed by atoms with Crippen LogP contribution in [0.15, 0.2) is 24.3 Å². The largest absolute Gasteiger partial charge is 0.341 e. The summed E-state index contributed by atoms with van der Waals surface area (Å²) in [5, 5.41) is 0. The predicted octanol–water partition coefficient (Wildman–Crippen LogP) is 3.48. The molecule has 2 amide bonds. The molecule has 1 atom stereocenters. The number of carbonyl (C=O) groups excluding carboxylic acids is 2. The van der Waals surface area contributed by atoms with Gasteiger partial charge in [0.1, 0.15) is 0 Å². The Morgan fingerprint density at radius 1 is 1.23 bits per heavy atom. The minimum Gasteiger partial charge on any atom is -0.341 e. The zero-order valence-electron chi connectivity index (χ0n) is 16.2. The van der Waals surface area contributed by atoms with E-state index in [0.29, 0.717) is 12.3 Å². The van der Waals surface area contributed by atoms with Crippen molar-refractivity contribution in [2.75, 3.05) is 25.4 Å². The number of nitrogens with zero attached hydrogens (tertiary/aromatic N) is 2. The number of carbonyl (C=O) groups is 2. The van der Waals surface area contributed by atoms with Crippen molar-refractivity contribution in [1.29, 1.82) is 0 Å². The van der Waals surface area contributed by atoms with Gasteiger partial charge in [-0.2, -0.15) is 0 Å². The first-order valence-corrected chi connectivity index (χ1v) is 10.8. The summed E-state index contributed by atoms with van der Waals surface area (Å²) < 4.78 is 0. The van der Waals surface area contributed by atoms with Gasteiger partial charge in [0.25, 0.3) is 0 Å². The molecule has 0 radical (unpaired) electrons. The molecule has 1 spiro atoms. The van der Waals surface area contributed by atoms with E-state index in [4.69, 9.17) is 0 Å². The van der Waals surface area contributed by atoms with Crippen molar-refractivity contribution in [2.24, 2.45) is 5.41 Å². The normalized spacial score (nSPS) is 23.3. The van der Waals surface area contributed by atoms with Gasteiger partial charge in [0, 0.05) is 31.4 Å². The molecule has 2 heterocycles. The van der Waals surface area contributed by atoms with E-state index in [-0.39, 0.29) is 23.3 Å². The van der Waals surface area contributed by atoms with E-state index in [9.17, 15) is 9.59 Å². The number of aryl methyl sites for hydroxylation is 1. The van der Waals surface area contributed by atoms with Gasteiger partial charge < -0.3 is 9.80 Å². The molecule has 5 heteroatoms. The minimum absolute atomic E-state index is 0.176. The van der Waals surface area contributed by atoms with Gasteiger partial charge in [-0.1, -0.05) is 24.3 Å². The smallest absolute Gasteiger partial charge is 0.232 e. The summed E-state index contributed by atoms with van der Waals surface area (Å²) in [5.41, 5.74) is 2.24. The fourth-order valence-corrected chi connectivity index (χ4v) is 5.17. The Bertz CT molecular complexity index is 676. The van der Waals surface area contributed by atoms with Gasteiger partial charge in [0.15, 0.2) is 0 Å². The van der Waals surface area contributed by atoms with Gasteiger partial charge in [-0.15, -0.1) is 11.8 Å². The monoisotopic (exact) mass is 374 g/mol. The quantitative estimate of drug-likeness (QED) is 0.792. The number of rotatable bonds is 5. The van der Waals surface area contributed by atoms with Crippen LogP contribution in [0.5, 0.6) is 0 Å². The SMILES string of the molecule is Cc1ccccc1CSCC(=O)N1CC[C@@]2(CCCN(C(C)C)C2=O)C1. The number of hydrogen-bond acceptors (Lipinski definition) is 3. The van der Waals surface area contributed by atoms with E-state index < -0.39 is 0 Å². The van der Waals surface area contributed by atoms with E-state index in [2.05, 4.69) is 32.9 Å². The molecule has 0 unspecified atom stereocenters. The molecule has 0 saturated carbocycles. The third-order valence-corrected chi connectivity index (χ3v) is 6.81. The third-order valence-electron chi connectivity index (χ3n) is 5.84. The van der Waals surface area contributed by atoms with Crippen LogP contribution in [0.1, 0.15) is 44.2 Å². The van der Waals surface area contributed by atoms with Gasteiger partial charge in [-0.3, -0.25) is 9.59 Å². The Morgan fingerprint density at radius 3 is 2.73 bits per heavy atom. The molecule has 0 bridgehead atoms. The van der Waals surface area contributed by atoms with E-state index in [1.165, 1.54) is 11.1 Å². The first-order valence-electron chi connectivity index (χ1n) is 9.64. The second-order valence-corrected chi connectivity index (χ2v) is 8.95. The van der Waals surface area contributed by atoms with E-state index in [0.717, 1.165) is 38.1 Å². The maximum atomic E-state index is 13.0. The van der Waals surface area contributed by atoms with Crippen molar-refractivity contribution in [3.63, 3.8) is 0 Å². The molecule has 2 aliphatic heterocycles. The van der Waals surface area contributed by atoms with Crippen LogP contribution in [0, 0.1) is 12.3 Å².